The fraction of sp³-hybridized carbons (Fsp3) is 0.600. The van der Waals surface area contributed by atoms with E-state index in [-0.39, 0.29) is 12.5 Å². The second-order valence-electron chi connectivity index (χ2n) is 7.26. The van der Waals surface area contributed by atoms with Gasteiger partial charge in [0.05, 0.1) is 19.7 Å². The zero-order valence-electron chi connectivity index (χ0n) is 15.8. The summed E-state index contributed by atoms with van der Waals surface area (Å²) in [4.78, 5) is 16.5. The van der Waals surface area contributed by atoms with E-state index in [9.17, 15) is 4.79 Å². The predicted molar refractivity (Wildman–Crippen MR) is 103 cm³/mol. The Balaban J connectivity index is 1.57. The van der Waals surface area contributed by atoms with Crippen LogP contribution in [0.15, 0.2) is 23.2 Å². The molecule has 2 aliphatic rings. The van der Waals surface area contributed by atoms with Crippen LogP contribution in [0.4, 0.5) is 0 Å². The smallest absolute Gasteiger partial charge is 0.239 e. The lowest BCUT2D eigenvalue weighted by atomic mass is 10.1. The molecule has 0 heterocycles. The van der Waals surface area contributed by atoms with E-state index in [1.54, 1.807) is 0 Å². The maximum absolute atomic E-state index is 11.8. The maximum Gasteiger partial charge on any atom is 0.239 e. The Bertz CT molecular complexity index is 651. The molecule has 0 bridgehead atoms. The standard InChI is InChI=1S/C20H30N4O2/c1-3-21-20(23-12-19(25)24-17-8-9-17)22-11-16-7-4-14(2)10-18(16)26-13-15-5-6-15/h4,7,10,15,17H,3,5-6,8-9,11-13H2,1-2H3,(H,24,25)(H2,21,22,23). The summed E-state index contributed by atoms with van der Waals surface area (Å²) >= 11 is 0. The number of rotatable bonds is 9. The van der Waals surface area contributed by atoms with Crippen molar-refractivity contribution in [3.05, 3.63) is 29.3 Å². The molecule has 1 aromatic carbocycles. The molecule has 26 heavy (non-hydrogen) atoms. The van der Waals surface area contributed by atoms with Crippen LogP contribution in [0.1, 0.15) is 43.7 Å². The minimum absolute atomic E-state index is 0.0156. The first-order chi connectivity index (χ1) is 12.6. The summed E-state index contributed by atoms with van der Waals surface area (Å²) in [6, 6.07) is 6.61. The van der Waals surface area contributed by atoms with Crippen molar-refractivity contribution in [1.29, 1.82) is 0 Å². The van der Waals surface area contributed by atoms with Gasteiger partial charge in [-0.3, -0.25) is 4.79 Å². The van der Waals surface area contributed by atoms with E-state index in [2.05, 4.69) is 46.1 Å². The fourth-order valence-corrected chi connectivity index (χ4v) is 2.60. The Morgan fingerprint density at radius 2 is 2.04 bits per heavy atom. The van der Waals surface area contributed by atoms with Gasteiger partial charge in [-0.2, -0.15) is 0 Å². The maximum atomic E-state index is 11.8. The molecule has 2 saturated carbocycles. The molecule has 3 rings (SSSR count). The van der Waals surface area contributed by atoms with Crippen LogP contribution in [0.25, 0.3) is 0 Å². The monoisotopic (exact) mass is 358 g/mol. The molecule has 0 radical (unpaired) electrons. The summed E-state index contributed by atoms with van der Waals surface area (Å²) in [6.07, 6.45) is 4.74. The number of carbonyl (C=O) groups is 1. The second kappa shape index (κ2) is 8.92. The minimum atomic E-state index is 0.0156. The first kappa shape index (κ1) is 18.5. The number of hydrogen-bond donors (Lipinski definition) is 3. The number of aryl methyl sites for hydroxylation is 1. The van der Waals surface area contributed by atoms with Crippen LogP contribution >= 0.6 is 0 Å². The highest BCUT2D eigenvalue weighted by Gasteiger charge is 2.23. The third-order valence-corrected chi connectivity index (χ3v) is 4.50. The van der Waals surface area contributed by atoms with Crippen LogP contribution in [-0.4, -0.2) is 37.6 Å². The lowest BCUT2D eigenvalue weighted by molar-refractivity contribution is -0.120. The lowest BCUT2D eigenvalue weighted by Gasteiger charge is -2.13. The summed E-state index contributed by atoms with van der Waals surface area (Å²) < 4.78 is 6.01. The first-order valence-electron chi connectivity index (χ1n) is 9.68. The summed E-state index contributed by atoms with van der Waals surface area (Å²) in [5.74, 6) is 2.30. The number of hydrogen-bond acceptors (Lipinski definition) is 3. The van der Waals surface area contributed by atoms with Gasteiger partial charge in [-0.1, -0.05) is 12.1 Å². The van der Waals surface area contributed by atoms with Crippen LogP contribution in [-0.2, 0) is 11.3 Å². The van der Waals surface area contributed by atoms with E-state index >= 15 is 0 Å². The number of nitrogens with one attached hydrogen (secondary N) is 3. The second-order valence-corrected chi connectivity index (χ2v) is 7.26. The molecule has 6 heteroatoms. The van der Waals surface area contributed by atoms with Gasteiger partial charge < -0.3 is 20.7 Å². The van der Waals surface area contributed by atoms with Gasteiger partial charge in [-0.05, 0) is 57.1 Å². The fourth-order valence-electron chi connectivity index (χ4n) is 2.60. The van der Waals surface area contributed by atoms with E-state index in [0.717, 1.165) is 43.2 Å². The summed E-state index contributed by atoms with van der Waals surface area (Å²) in [5.41, 5.74) is 2.25. The third-order valence-electron chi connectivity index (χ3n) is 4.50. The normalized spacial score (nSPS) is 16.9. The molecule has 0 spiro atoms. The predicted octanol–water partition coefficient (Wildman–Crippen LogP) is 2.12. The Kier molecular flexibility index (Phi) is 6.36. The summed E-state index contributed by atoms with van der Waals surface area (Å²) in [5, 5.41) is 9.26. The van der Waals surface area contributed by atoms with Crippen molar-refractivity contribution in [3.8, 4) is 5.75 Å². The van der Waals surface area contributed by atoms with Gasteiger partial charge in [0.15, 0.2) is 5.96 Å². The Morgan fingerprint density at radius 1 is 1.23 bits per heavy atom. The topological polar surface area (TPSA) is 74.8 Å². The van der Waals surface area contributed by atoms with E-state index in [4.69, 9.17) is 4.74 Å². The van der Waals surface area contributed by atoms with Crippen molar-refractivity contribution in [3.63, 3.8) is 0 Å². The average molecular weight is 358 g/mol. The van der Waals surface area contributed by atoms with Gasteiger partial charge in [0.1, 0.15) is 5.75 Å². The Morgan fingerprint density at radius 3 is 2.73 bits per heavy atom. The van der Waals surface area contributed by atoms with E-state index in [1.807, 2.05) is 6.92 Å². The van der Waals surface area contributed by atoms with Gasteiger partial charge in [-0.25, -0.2) is 4.99 Å². The molecule has 1 amide bonds. The lowest BCUT2D eigenvalue weighted by Crippen LogP contribution is -2.43. The molecule has 6 nitrogen and oxygen atoms in total. The van der Waals surface area contributed by atoms with Crippen molar-refractivity contribution in [2.75, 3.05) is 19.7 Å². The van der Waals surface area contributed by atoms with E-state index in [0.29, 0.717) is 18.5 Å². The van der Waals surface area contributed by atoms with Gasteiger partial charge in [0.25, 0.3) is 0 Å². The van der Waals surface area contributed by atoms with Crippen molar-refractivity contribution < 1.29 is 9.53 Å². The number of nitrogens with zero attached hydrogens (tertiary/aromatic N) is 1. The van der Waals surface area contributed by atoms with Crippen molar-refractivity contribution in [2.24, 2.45) is 10.9 Å². The third kappa shape index (κ3) is 6.24. The van der Waals surface area contributed by atoms with Gasteiger partial charge in [-0.15, -0.1) is 0 Å². The van der Waals surface area contributed by atoms with Crippen LogP contribution in [0.5, 0.6) is 5.75 Å². The molecule has 2 aliphatic carbocycles. The molecule has 0 saturated heterocycles. The zero-order chi connectivity index (χ0) is 18.4. The average Bonchev–Trinajstić information content (AvgIpc) is 3.52. The molecule has 0 aliphatic heterocycles. The molecule has 0 atom stereocenters. The number of aliphatic imine (C=N–C) groups is 1. The number of ether oxygens (including phenoxy) is 1. The van der Waals surface area contributed by atoms with E-state index in [1.165, 1.54) is 18.4 Å². The molecule has 1 aromatic rings. The first-order valence-corrected chi connectivity index (χ1v) is 9.68. The molecule has 142 valence electrons. The number of benzene rings is 1. The molecular weight excluding hydrogens is 328 g/mol. The highest BCUT2D eigenvalue weighted by atomic mass is 16.5. The number of amides is 1. The summed E-state index contributed by atoms with van der Waals surface area (Å²) in [7, 11) is 0. The van der Waals surface area contributed by atoms with Gasteiger partial charge >= 0.3 is 0 Å². The molecule has 0 unspecified atom stereocenters. The van der Waals surface area contributed by atoms with Crippen LogP contribution < -0.4 is 20.7 Å². The van der Waals surface area contributed by atoms with Crippen LogP contribution in [0, 0.1) is 12.8 Å². The molecule has 2 fully saturated rings. The van der Waals surface area contributed by atoms with Crippen LogP contribution in [0.3, 0.4) is 0 Å². The highest BCUT2D eigenvalue weighted by Crippen LogP contribution is 2.30. The quantitative estimate of drug-likeness (QED) is 0.467. The summed E-state index contributed by atoms with van der Waals surface area (Å²) in [6.45, 7) is 6.37. The van der Waals surface area contributed by atoms with E-state index < -0.39 is 0 Å². The SMILES string of the molecule is CCNC(=NCc1ccc(C)cc1OCC1CC1)NCC(=O)NC1CC1. The molecule has 3 N–H and O–H groups in total. The Hall–Kier alpha value is -2.24. The van der Waals surface area contributed by atoms with Gasteiger partial charge in [0, 0.05) is 18.2 Å². The zero-order valence-corrected chi connectivity index (χ0v) is 15.8. The highest BCUT2D eigenvalue weighted by molar-refractivity contribution is 5.86. The molecular formula is C20H30N4O2. The number of guanidine groups is 1. The van der Waals surface area contributed by atoms with Crippen LogP contribution in [0.2, 0.25) is 0 Å². The Labute approximate surface area is 155 Å². The van der Waals surface area contributed by atoms with Crippen molar-refractivity contribution in [2.45, 2.75) is 52.1 Å². The molecule has 0 aromatic heterocycles. The van der Waals surface area contributed by atoms with Crippen molar-refractivity contribution >= 4 is 11.9 Å². The largest absolute Gasteiger partial charge is 0.493 e. The minimum Gasteiger partial charge on any atom is -0.493 e. The van der Waals surface area contributed by atoms with Gasteiger partial charge in [0.2, 0.25) is 5.91 Å². The van der Waals surface area contributed by atoms with Crippen molar-refractivity contribution in [1.82, 2.24) is 16.0 Å². The number of carbonyl (C=O) groups excluding carboxylic acids is 1.